The largest absolute Gasteiger partial charge is 0.453 e. The second kappa shape index (κ2) is 28.4. The molecule has 0 aliphatic rings. The minimum absolute atomic E-state index is 0.366. The zero-order valence-corrected chi connectivity index (χ0v) is 63.0. The van der Waals surface area contributed by atoms with Crippen LogP contribution < -0.4 is 0 Å². The lowest BCUT2D eigenvalue weighted by atomic mass is 10.0. The number of fused-ring (bicyclic) bond motifs is 6. The van der Waals surface area contributed by atoms with Crippen LogP contribution in [0.4, 0.5) is 0 Å². The van der Waals surface area contributed by atoms with Gasteiger partial charge in [0.05, 0.1) is 77.3 Å². The third kappa shape index (κ3) is 12.5. The maximum atomic E-state index is 6.48. The molecular weight excluding hydrogens is 1550 g/mol. The molecule has 0 amide bonds. The van der Waals surface area contributed by atoms with E-state index in [1.165, 1.54) is 22.7 Å². The minimum atomic E-state index is 0.366. The van der Waals surface area contributed by atoms with Crippen molar-refractivity contribution in [1.29, 1.82) is 0 Å². The number of nitrogens with zero attached hydrogens (tertiary/aromatic N) is 12. The molecule has 0 aliphatic carbocycles. The Morgan fingerprint density at radius 1 is 0.200 bits per heavy atom. The van der Waals surface area contributed by atoms with Crippen LogP contribution in [0, 0.1) is 47.4 Å². The molecule has 562 valence electrons. The van der Waals surface area contributed by atoms with E-state index in [0.717, 1.165) is 20.2 Å². The molecule has 0 bridgehead atoms. The smallest absolute Gasteiger partial charge is 0.178 e. The monoisotopic (exact) mass is 1590 g/mol. The highest BCUT2D eigenvalue weighted by Gasteiger charge is 2.25. The summed E-state index contributed by atoms with van der Waals surface area (Å²) in [6.07, 6.45) is 26.5. The molecule has 22 aromatic heterocycles. The van der Waals surface area contributed by atoms with E-state index in [0.29, 0.717) is 226 Å². The van der Waals surface area contributed by atoms with E-state index in [1.807, 2.05) is 133 Å². The van der Waals surface area contributed by atoms with Gasteiger partial charge in [-0.2, -0.15) is 0 Å². The highest BCUT2D eigenvalue weighted by atomic mass is 32.1. The summed E-state index contributed by atoms with van der Waals surface area (Å²) >= 11 is 2.90. The lowest BCUT2D eigenvalue weighted by molar-refractivity contribution is 0.508. The number of thiophene rings is 2. The molecule has 0 spiro atoms. The molecule has 22 heterocycles. The molecule has 0 N–H and O–H groups in total. The molecule has 23 aromatic rings. The predicted octanol–water partition coefficient (Wildman–Crippen LogP) is 22.2. The third-order valence-corrected chi connectivity index (χ3v) is 21.6. The standard InChI is InChI=1S/C94H42N12O12S2/c1(51-5-13-73(107-51)77-25-29-85(115-77)81-21-17-69(111-81)61-43-95-47-65-89(61)103-37-33-99-65)9-55-41-59-57(11-3-53-7-15-75(109-53)79-27-31-87(117-79)83-23-19-71(113-83)63-45-97-49-67-91(63)105-39-35-101-67)94-60(42-56(120-94)10-2-52-6-14-74(108-52)78-26-30-86(116-78)82-22-18-70(112-82)62-44-96-48-66-90(62)104-38-34-100-66)58(93(59)119-55)12-4-54-8-16-76(110-54)80-28-32-88(118-80)84-24-20-72(114-84)64-46-98-50-68-92(64)106-40-36-102-68/h5-8,13-50H. The van der Waals surface area contributed by atoms with Gasteiger partial charge in [-0.1, -0.05) is 11.8 Å². The molecule has 0 radical (unpaired) electrons. The zero-order valence-electron chi connectivity index (χ0n) is 61.3. The molecule has 120 heavy (non-hydrogen) atoms. The first-order chi connectivity index (χ1) is 59.3. The van der Waals surface area contributed by atoms with Gasteiger partial charge in [-0.25, -0.2) is 0 Å². The molecule has 0 aliphatic heterocycles. The van der Waals surface area contributed by atoms with Crippen molar-refractivity contribution in [1.82, 2.24) is 59.8 Å². The lowest BCUT2D eigenvalue weighted by Crippen LogP contribution is -1.87. The van der Waals surface area contributed by atoms with Gasteiger partial charge >= 0.3 is 0 Å². The van der Waals surface area contributed by atoms with Crippen molar-refractivity contribution < 1.29 is 53.0 Å². The summed E-state index contributed by atoms with van der Waals surface area (Å²) in [5.74, 6) is 38.5. The first-order valence-electron chi connectivity index (χ1n) is 36.9. The van der Waals surface area contributed by atoms with E-state index in [1.54, 1.807) is 123 Å². The molecule has 23 rings (SSSR count). The van der Waals surface area contributed by atoms with Crippen LogP contribution in [0.3, 0.4) is 0 Å². The van der Waals surface area contributed by atoms with E-state index in [9.17, 15) is 0 Å². The van der Waals surface area contributed by atoms with Crippen molar-refractivity contribution in [3.63, 3.8) is 0 Å². The Balaban J connectivity index is 0.598. The van der Waals surface area contributed by atoms with Gasteiger partial charge in [-0.05, 0) is 193 Å². The summed E-state index contributed by atoms with van der Waals surface area (Å²) in [5, 5.41) is 1.53. The Bertz CT molecular complexity index is 7760. The average molecular weight is 1600 g/mol. The van der Waals surface area contributed by atoms with E-state index in [-0.39, 0.29) is 0 Å². The molecule has 0 fully saturated rings. The van der Waals surface area contributed by atoms with Gasteiger partial charge in [0.15, 0.2) is 115 Å². The maximum absolute atomic E-state index is 6.48. The Labute approximate surface area is 681 Å². The van der Waals surface area contributed by atoms with Gasteiger partial charge in [-0.3, -0.25) is 59.8 Å². The summed E-state index contributed by atoms with van der Waals surface area (Å²) in [7, 11) is 0. The average Bonchev–Trinajstić information content (AvgIpc) is 1.57. The highest BCUT2D eigenvalue weighted by Crippen LogP contribution is 2.44. The van der Waals surface area contributed by atoms with Crippen LogP contribution in [0.2, 0.25) is 0 Å². The van der Waals surface area contributed by atoms with Crippen molar-refractivity contribution in [2.24, 2.45) is 0 Å². The van der Waals surface area contributed by atoms with E-state index < -0.39 is 0 Å². The SMILES string of the molecule is C(#Cc1cc2c(C#Cc3ccc(-c4ccc(-c5ccc(-c6cncc7nccnc67)o5)o4)o3)c3sc(C#Cc4ccc(-c5ccc(-c6ccc(-c7cncc8nccnc78)o6)o5)o4)cc3c(C#Cc3ccc(-c4ccc(-c5ccc(-c6cncc7nccnc67)o5)o4)o3)c2s1)c1ccc(-c2ccc(-c3ccc(-c4cncc5nccnc45)o3)o2)o1. The molecule has 0 unspecified atom stereocenters. The van der Waals surface area contributed by atoms with Crippen LogP contribution in [0.25, 0.3) is 202 Å². The maximum Gasteiger partial charge on any atom is 0.178 e. The van der Waals surface area contributed by atoms with Crippen molar-refractivity contribution in [2.75, 3.05) is 0 Å². The van der Waals surface area contributed by atoms with Gasteiger partial charge in [0.2, 0.25) is 0 Å². The molecule has 0 atom stereocenters. The quantitative estimate of drug-likeness (QED) is 0.103. The summed E-state index contributed by atoms with van der Waals surface area (Å²) in [5.41, 5.74) is 9.38. The van der Waals surface area contributed by atoms with Gasteiger partial charge in [-0.15, -0.1) is 22.7 Å². The Morgan fingerprint density at radius 3 is 0.667 bits per heavy atom. The van der Waals surface area contributed by atoms with E-state index >= 15 is 0 Å². The fourth-order valence-electron chi connectivity index (χ4n) is 14.0. The van der Waals surface area contributed by atoms with Gasteiger partial charge < -0.3 is 53.0 Å². The van der Waals surface area contributed by atoms with Crippen molar-refractivity contribution >= 4 is 87.0 Å². The van der Waals surface area contributed by atoms with E-state index in [4.69, 9.17) is 53.0 Å². The van der Waals surface area contributed by atoms with Gasteiger partial charge in [0.1, 0.15) is 67.2 Å². The Kier molecular flexibility index (Phi) is 16.1. The van der Waals surface area contributed by atoms with Crippen LogP contribution in [0.1, 0.15) is 43.9 Å². The summed E-state index contributed by atoms with van der Waals surface area (Å²) < 4.78 is 78.0. The van der Waals surface area contributed by atoms with Gasteiger partial charge in [0, 0.05) is 85.1 Å². The Hall–Kier alpha value is -17.3. The number of benzene rings is 1. The van der Waals surface area contributed by atoms with Crippen LogP contribution in [-0.2, 0) is 0 Å². The zero-order chi connectivity index (χ0) is 79.1. The van der Waals surface area contributed by atoms with Crippen molar-refractivity contribution in [3.05, 3.63) is 301 Å². The first kappa shape index (κ1) is 68.3. The fourth-order valence-corrected chi connectivity index (χ4v) is 16.0. The molecular formula is C94H42N12O12S2. The summed E-state index contributed by atoms with van der Waals surface area (Å²) in [6.45, 7) is 0. The number of hydrogen-bond donors (Lipinski definition) is 0. The van der Waals surface area contributed by atoms with Crippen molar-refractivity contribution in [2.45, 2.75) is 0 Å². The molecule has 0 saturated heterocycles. The lowest BCUT2D eigenvalue weighted by Gasteiger charge is -2.02. The highest BCUT2D eigenvalue weighted by molar-refractivity contribution is 7.21. The fraction of sp³-hybridized carbons (Fsp3) is 0. The van der Waals surface area contributed by atoms with Gasteiger partial charge in [0.25, 0.3) is 0 Å². The summed E-state index contributed by atoms with van der Waals surface area (Å²) in [4.78, 5) is 54.5. The van der Waals surface area contributed by atoms with Crippen LogP contribution in [0.15, 0.2) is 310 Å². The second-order valence-electron chi connectivity index (χ2n) is 26.9. The molecule has 1 aromatic carbocycles. The van der Waals surface area contributed by atoms with Crippen LogP contribution in [0.5, 0.6) is 0 Å². The Morgan fingerprint density at radius 2 is 0.408 bits per heavy atom. The second-order valence-corrected chi connectivity index (χ2v) is 29.0. The minimum Gasteiger partial charge on any atom is -0.453 e. The van der Waals surface area contributed by atoms with E-state index in [2.05, 4.69) is 107 Å². The molecule has 26 heteroatoms. The summed E-state index contributed by atoms with van der Waals surface area (Å²) in [6, 6.07) is 47.7. The van der Waals surface area contributed by atoms with Crippen molar-refractivity contribution in [3.8, 4) is 185 Å². The predicted molar refractivity (Wildman–Crippen MR) is 443 cm³/mol. The normalized spacial score (nSPS) is 11.4. The number of aromatic nitrogens is 12. The number of pyridine rings is 4. The third-order valence-electron chi connectivity index (χ3n) is 19.5. The number of furan rings is 12. The number of hydrogen-bond acceptors (Lipinski definition) is 26. The molecule has 24 nitrogen and oxygen atoms in total. The number of rotatable bonds is 12. The first-order valence-corrected chi connectivity index (χ1v) is 38.5. The molecule has 0 saturated carbocycles. The van der Waals surface area contributed by atoms with Crippen LogP contribution in [-0.4, -0.2) is 59.8 Å². The van der Waals surface area contributed by atoms with Crippen LogP contribution >= 0.6 is 22.7 Å². The topological polar surface area (TPSA) is 312 Å².